The van der Waals surface area contributed by atoms with Gasteiger partial charge in [0.2, 0.25) is 5.91 Å². The van der Waals surface area contributed by atoms with Crippen molar-refractivity contribution >= 4 is 5.91 Å². The van der Waals surface area contributed by atoms with Gasteiger partial charge in [0.05, 0.1) is 6.42 Å². The van der Waals surface area contributed by atoms with Gasteiger partial charge in [-0.05, 0) is 79.8 Å². The van der Waals surface area contributed by atoms with E-state index in [-0.39, 0.29) is 18.8 Å². The first-order valence-electron chi connectivity index (χ1n) is 13.9. The number of rotatable bonds is 7. The van der Waals surface area contributed by atoms with Crippen LogP contribution in [0.3, 0.4) is 0 Å². The van der Waals surface area contributed by atoms with E-state index in [0.717, 1.165) is 43.1 Å². The van der Waals surface area contributed by atoms with E-state index in [1.807, 2.05) is 12.1 Å². The molecule has 0 aromatic heterocycles. The molecule has 0 bridgehead atoms. The number of nitrogens with zero attached hydrogens (tertiary/aromatic N) is 2. The molecule has 3 fully saturated rings. The molecule has 3 aliphatic rings. The first-order chi connectivity index (χ1) is 18.1. The van der Waals surface area contributed by atoms with Gasteiger partial charge in [-0.25, -0.2) is 17.6 Å². The van der Waals surface area contributed by atoms with Crippen molar-refractivity contribution in [2.45, 2.75) is 82.3 Å². The molecule has 2 aromatic rings. The topological polar surface area (TPSA) is 35.6 Å². The lowest BCUT2D eigenvalue weighted by atomic mass is 9.85. The summed E-state index contributed by atoms with van der Waals surface area (Å²) in [6.07, 6.45) is 2.65. The van der Waals surface area contributed by atoms with E-state index in [1.54, 1.807) is 6.07 Å². The van der Waals surface area contributed by atoms with E-state index in [0.29, 0.717) is 43.1 Å². The Morgan fingerprint density at radius 2 is 1.71 bits per heavy atom. The summed E-state index contributed by atoms with van der Waals surface area (Å²) in [6, 6.07) is 7.60. The molecule has 2 aromatic carbocycles. The molecule has 1 saturated heterocycles. The Balaban J connectivity index is 1.35. The molecule has 38 heavy (non-hydrogen) atoms. The van der Waals surface area contributed by atoms with Crippen molar-refractivity contribution in [1.29, 1.82) is 0 Å². The Hall–Kier alpha value is -2.45. The van der Waals surface area contributed by atoms with Crippen molar-refractivity contribution in [2.24, 2.45) is 0 Å². The molecule has 1 aliphatic heterocycles. The van der Waals surface area contributed by atoms with Gasteiger partial charge in [0.25, 0.3) is 5.92 Å². The van der Waals surface area contributed by atoms with E-state index in [2.05, 4.69) is 29.0 Å². The normalized spacial score (nSPS) is 24.5. The SMILES string of the molecule is CC(C)N1CCN([C@H]2CCCC(F)(F)[C@@H]2NC(=O)Cc2cccc(-c3cc(F)cc(F)c3)c2C2CC2)CC1. The Kier molecular flexibility index (Phi) is 7.83. The minimum atomic E-state index is -2.98. The van der Waals surface area contributed by atoms with E-state index in [9.17, 15) is 13.6 Å². The van der Waals surface area contributed by atoms with Gasteiger partial charge in [-0.2, -0.15) is 0 Å². The first kappa shape index (κ1) is 27.1. The molecule has 0 unspecified atom stereocenters. The molecular formula is C30H37F4N3O. The molecule has 2 saturated carbocycles. The molecule has 2 atom stereocenters. The van der Waals surface area contributed by atoms with Gasteiger partial charge in [0, 0.05) is 50.7 Å². The molecule has 0 radical (unpaired) electrons. The zero-order chi connectivity index (χ0) is 27.0. The third-order valence-electron chi connectivity index (χ3n) is 8.42. The molecule has 1 N–H and O–H groups in total. The van der Waals surface area contributed by atoms with Crippen LogP contribution in [0.2, 0.25) is 0 Å². The van der Waals surface area contributed by atoms with E-state index >= 15 is 8.78 Å². The van der Waals surface area contributed by atoms with E-state index in [4.69, 9.17) is 0 Å². The quantitative estimate of drug-likeness (QED) is 0.462. The highest BCUT2D eigenvalue weighted by Gasteiger charge is 2.50. The van der Waals surface area contributed by atoms with Crippen LogP contribution in [-0.4, -0.2) is 65.9 Å². The molecule has 2 aliphatic carbocycles. The van der Waals surface area contributed by atoms with Crippen LogP contribution in [-0.2, 0) is 11.2 Å². The number of carbonyl (C=O) groups is 1. The summed E-state index contributed by atoms with van der Waals surface area (Å²) in [5.41, 5.74) is 2.74. The zero-order valence-corrected chi connectivity index (χ0v) is 22.2. The number of hydrogen-bond donors (Lipinski definition) is 1. The van der Waals surface area contributed by atoms with Gasteiger partial charge in [0.1, 0.15) is 17.7 Å². The van der Waals surface area contributed by atoms with Crippen LogP contribution in [0.4, 0.5) is 17.6 Å². The van der Waals surface area contributed by atoms with Crippen LogP contribution in [0.15, 0.2) is 36.4 Å². The van der Waals surface area contributed by atoms with Gasteiger partial charge in [-0.15, -0.1) is 0 Å². The van der Waals surface area contributed by atoms with Gasteiger partial charge >= 0.3 is 0 Å². The third-order valence-corrected chi connectivity index (χ3v) is 8.42. The Bertz CT molecular complexity index is 1140. The van der Waals surface area contributed by atoms with Crippen molar-refractivity contribution in [1.82, 2.24) is 15.1 Å². The average Bonchev–Trinajstić information content (AvgIpc) is 3.70. The maximum atomic E-state index is 15.2. The molecule has 206 valence electrons. The van der Waals surface area contributed by atoms with Crippen LogP contribution in [0, 0.1) is 11.6 Å². The number of piperazine rings is 1. The van der Waals surface area contributed by atoms with Gasteiger partial charge in [0.15, 0.2) is 0 Å². The molecular weight excluding hydrogens is 494 g/mol. The first-order valence-corrected chi connectivity index (χ1v) is 13.9. The highest BCUT2D eigenvalue weighted by molar-refractivity contribution is 5.81. The van der Waals surface area contributed by atoms with E-state index < -0.39 is 35.5 Å². The maximum Gasteiger partial charge on any atom is 0.269 e. The lowest BCUT2D eigenvalue weighted by Crippen LogP contribution is -2.64. The fourth-order valence-electron chi connectivity index (χ4n) is 6.31. The summed E-state index contributed by atoms with van der Waals surface area (Å²) < 4.78 is 58.4. The zero-order valence-electron chi connectivity index (χ0n) is 22.2. The largest absolute Gasteiger partial charge is 0.345 e. The fraction of sp³-hybridized carbons (Fsp3) is 0.567. The Morgan fingerprint density at radius 3 is 2.34 bits per heavy atom. The van der Waals surface area contributed by atoms with Gasteiger partial charge in [-0.3, -0.25) is 14.6 Å². The molecule has 8 heteroatoms. The Morgan fingerprint density at radius 1 is 1.03 bits per heavy atom. The highest BCUT2D eigenvalue weighted by atomic mass is 19.3. The maximum absolute atomic E-state index is 15.2. The van der Waals surface area contributed by atoms with E-state index in [1.165, 1.54) is 12.1 Å². The predicted octanol–water partition coefficient (Wildman–Crippen LogP) is 5.75. The summed E-state index contributed by atoms with van der Waals surface area (Å²) >= 11 is 0. The predicted molar refractivity (Wildman–Crippen MR) is 140 cm³/mol. The minimum Gasteiger partial charge on any atom is -0.345 e. The van der Waals surface area contributed by atoms with Crippen LogP contribution >= 0.6 is 0 Å². The summed E-state index contributed by atoms with van der Waals surface area (Å²) in [5.74, 6) is -4.55. The van der Waals surface area contributed by atoms with Crippen molar-refractivity contribution < 1.29 is 22.4 Å². The summed E-state index contributed by atoms with van der Waals surface area (Å²) in [5, 5.41) is 2.74. The van der Waals surface area contributed by atoms with Crippen LogP contribution in [0.25, 0.3) is 11.1 Å². The standard InChI is InChI=1S/C30H37F4N3O/c1-19(2)36-11-13-37(14-12-36)26-7-4-10-30(33,34)29(26)35-27(38)17-21-5-3-6-25(28(21)20-8-9-20)22-15-23(31)18-24(32)16-22/h3,5-6,15-16,18-20,26,29H,4,7-14,17H2,1-2H3,(H,35,38)/t26-,29+/m0/s1. The lowest BCUT2D eigenvalue weighted by Gasteiger charge is -2.47. The number of alkyl halides is 2. The second-order valence-electron chi connectivity index (χ2n) is 11.4. The molecule has 1 amide bonds. The molecule has 1 heterocycles. The fourth-order valence-corrected chi connectivity index (χ4v) is 6.31. The average molecular weight is 532 g/mol. The van der Waals surface area contributed by atoms with Gasteiger partial charge in [-0.1, -0.05) is 18.2 Å². The number of hydrogen-bond acceptors (Lipinski definition) is 3. The third kappa shape index (κ3) is 5.91. The summed E-state index contributed by atoms with van der Waals surface area (Å²) in [6.45, 7) is 7.37. The summed E-state index contributed by atoms with van der Waals surface area (Å²) in [4.78, 5) is 17.8. The number of nitrogens with one attached hydrogen (secondary N) is 1. The molecule has 4 nitrogen and oxygen atoms in total. The smallest absolute Gasteiger partial charge is 0.269 e. The van der Waals surface area contributed by atoms with Crippen molar-refractivity contribution in [3.8, 4) is 11.1 Å². The number of halogens is 4. The second kappa shape index (κ2) is 11.0. The number of carbonyl (C=O) groups excluding carboxylic acids is 1. The van der Waals surface area contributed by atoms with Crippen LogP contribution < -0.4 is 5.32 Å². The number of benzene rings is 2. The lowest BCUT2D eigenvalue weighted by molar-refractivity contribution is -0.133. The van der Waals surface area contributed by atoms with Crippen molar-refractivity contribution in [3.63, 3.8) is 0 Å². The highest BCUT2D eigenvalue weighted by Crippen LogP contribution is 2.46. The molecule has 5 rings (SSSR count). The van der Waals surface area contributed by atoms with Crippen molar-refractivity contribution in [2.75, 3.05) is 26.2 Å². The van der Waals surface area contributed by atoms with Crippen LogP contribution in [0.1, 0.15) is 63.0 Å². The monoisotopic (exact) mass is 531 g/mol. The number of amides is 1. The van der Waals surface area contributed by atoms with Crippen molar-refractivity contribution in [3.05, 3.63) is 59.2 Å². The summed E-state index contributed by atoms with van der Waals surface area (Å²) in [7, 11) is 0. The Labute approximate surface area is 222 Å². The van der Waals surface area contributed by atoms with Gasteiger partial charge < -0.3 is 5.32 Å². The van der Waals surface area contributed by atoms with Crippen LogP contribution in [0.5, 0.6) is 0 Å². The minimum absolute atomic E-state index is 0.0438. The molecule has 0 spiro atoms. The second-order valence-corrected chi connectivity index (χ2v) is 11.4.